The Kier molecular flexibility index (Phi) is 8.63. The van der Waals surface area contributed by atoms with E-state index in [4.69, 9.17) is 32.2 Å². The molecule has 0 bridgehead atoms. The van der Waals surface area contributed by atoms with Gasteiger partial charge in [0, 0.05) is 27.7 Å². The van der Waals surface area contributed by atoms with E-state index in [0.29, 0.717) is 0 Å². The molecule has 10 heteroatoms. The van der Waals surface area contributed by atoms with Crippen LogP contribution in [0.3, 0.4) is 0 Å². The van der Waals surface area contributed by atoms with E-state index in [0.717, 1.165) is 5.82 Å². The molecule has 0 aliphatic rings. The highest BCUT2D eigenvalue weighted by Gasteiger charge is 2.25. The Balaban J connectivity index is 4.71. The van der Waals surface area contributed by atoms with Crippen molar-refractivity contribution in [3.8, 4) is 0 Å². The van der Waals surface area contributed by atoms with Crippen LogP contribution < -0.4 is 0 Å². The van der Waals surface area contributed by atoms with E-state index in [2.05, 4.69) is 15.9 Å². The third kappa shape index (κ3) is 6.83. The van der Waals surface area contributed by atoms with Crippen LogP contribution in [0.4, 0.5) is 0 Å². The van der Waals surface area contributed by atoms with Gasteiger partial charge < -0.3 is 9.05 Å². The summed E-state index contributed by atoms with van der Waals surface area (Å²) in [7, 11) is -3.68. The monoisotopic (exact) mass is 355 g/mol. The van der Waals surface area contributed by atoms with Gasteiger partial charge in [0.25, 0.3) is 0 Å². The van der Waals surface area contributed by atoms with Crippen LogP contribution in [0.5, 0.6) is 0 Å². The van der Waals surface area contributed by atoms with Crippen LogP contribution in [-0.4, -0.2) is 29.9 Å². The van der Waals surface area contributed by atoms with Gasteiger partial charge >= 0.3 is 12.2 Å². The van der Waals surface area contributed by atoms with Crippen molar-refractivity contribution < 1.29 is 18.5 Å². The minimum atomic E-state index is -3.68. The fraction of sp³-hybridized carbons (Fsp3) is 0.667. The molecule has 0 amide bonds. The maximum atomic E-state index is 11.9. The van der Waals surface area contributed by atoms with Crippen molar-refractivity contribution in [3.63, 3.8) is 0 Å². The second-order valence-electron chi connectivity index (χ2n) is 2.29. The Morgan fingerprint density at radius 3 is 2.12 bits per heavy atom. The molecule has 0 rings (SSSR count). The van der Waals surface area contributed by atoms with Crippen molar-refractivity contribution in [3.05, 3.63) is 20.5 Å². The van der Waals surface area contributed by atoms with E-state index in [1.165, 1.54) is 0 Å². The first kappa shape index (κ1) is 16.4. The SMILES string of the molecule is O=[N+]([O-])/C(Br)=C\P(=O)(OCCCl)OCCCl. The summed E-state index contributed by atoms with van der Waals surface area (Å²) >= 11 is 13.3. The maximum absolute atomic E-state index is 11.9. The summed E-state index contributed by atoms with van der Waals surface area (Å²) in [4.78, 5) is 9.57. The molecule has 0 aromatic carbocycles. The second kappa shape index (κ2) is 8.44. The molecule has 0 aromatic rings. The van der Waals surface area contributed by atoms with Crippen molar-refractivity contribution in [2.45, 2.75) is 0 Å². The van der Waals surface area contributed by atoms with Crippen molar-refractivity contribution in [1.29, 1.82) is 0 Å². The van der Waals surface area contributed by atoms with Gasteiger partial charge in [0.1, 0.15) is 5.82 Å². The largest absolute Gasteiger partial charge is 0.361 e. The zero-order chi connectivity index (χ0) is 12.6. The lowest BCUT2D eigenvalue weighted by molar-refractivity contribution is -0.408. The number of rotatable bonds is 8. The van der Waals surface area contributed by atoms with Gasteiger partial charge in [0.2, 0.25) is 0 Å². The topological polar surface area (TPSA) is 78.7 Å². The Morgan fingerprint density at radius 1 is 1.38 bits per heavy atom. The third-order valence-corrected chi connectivity index (χ3v) is 3.96. The minimum Gasteiger partial charge on any atom is -0.304 e. The summed E-state index contributed by atoms with van der Waals surface area (Å²) in [6, 6.07) is 0. The maximum Gasteiger partial charge on any atom is 0.361 e. The number of nitro groups is 1. The molecule has 6 nitrogen and oxygen atoms in total. The predicted molar refractivity (Wildman–Crippen MR) is 65.0 cm³/mol. The molecule has 0 aliphatic carbocycles. The van der Waals surface area contributed by atoms with Crippen LogP contribution in [0.25, 0.3) is 0 Å². The second-order valence-corrected chi connectivity index (χ2v) is 5.72. The summed E-state index contributed by atoms with van der Waals surface area (Å²) in [5, 5.41) is 10.3. The first-order chi connectivity index (χ1) is 7.45. The Labute approximate surface area is 111 Å². The summed E-state index contributed by atoms with van der Waals surface area (Å²) in [6.45, 7) is -0.0920. The van der Waals surface area contributed by atoms with Crippen LogP contribution in [0.1, 0.15) is 0 Å². The molecule has 0 N–H and O–H groups in total. The Hall–Kier alpha value is 0.350. The fourth-order valence-electron chi connectivity index (χ4n) is 0.613. The molecular formula is C6H9BrCl2NO5P. The van der Waals surface area contributed by atoms with Crippen LogP contribution in [0.2, 0.25) is 0 Å². The molecule has 0 aromatic heterocycles. The summed E-state index contributed by atoms with van der Waals surface area (Å²) in [5.74, 6) is 0.961. The highest BCUT2D eigenvalue weighted by Crippen LogP contribution is 2.51. The quantitative estimate of drug-likeness (QED) is 0.219. The summed E-state index contributed by atoms with van der Waals surface area (Å²) in [6.07, 6.45) is 0. The standard InChI is InChI=1S/C6H9BrCl2NO5P/c7-6(10(11)12)5-16(13,14-3-1-8)15-4-2-9/h5H,1-4H2/b6-5-. The highest BCUT2D eigenvalue weighted by atomic mass is 79.9. The van der Waals surface area contributed by atoms with Gasteiger partial charge in [-0.25, -0.2) is 0 Å². The zero-order valence-corrected chi connectivity index (χ0v) is 12.0. The van der Waals surface area contributed by atoms with Crippen molar-refractivity contribution in [2.24, 2.45) is 0 Å². The smallest absolute Gasteiger partial charge is 0.304 e. The number of hydrogen-bond acceptors (Lipinski definition) is 5. The van der Waals surface area contributed by atoms with Crippen molar-refractivity contribution >= 4 is 46.7 Å². The minimum absolute atomic E-state index is 0.0460. The molecular weight excluding hydrogens is 348 g/mol. The molecule has 0 fully saturated rings. The summed E-state index contributed by atoms with van der Waals surface area (Å²) in [5.41, 5.74) is 0. The molecule has 0 saturated carbocycles. The van der Waals surface area contributed by atoms with Gasteiger partial charge in [-0.3, -0.25) is 14.7 Å². The van der Waals surface area contributed by atoms with Gasteiger partial charge in [-0.05, 0) is 0 Å². The number of alkyl halides is 2. The molecule has 0 heterocycles. The van der Waals surface area contributed by atoms with Gasteiger partial charge in [-0.1, -0.05) is 0 Å². The third-order valence-electron chi connectivity index (χ3n) is 1.14. The van der Waals surface area contributed by atoms with E-state index in [1.807, 2.05) is 0 Å². The lowest BCUT2D eigenvalue weighted by atomic mass is 10.9. The number of nitrogens with zero attached hydrogens (tertiary/aromatic N) is 1. The van der Waals surface area contributed by atoms with Gasteiger partial charge in [0.05, 0.1) is 18.1 Å². The normalized spacial score (nSPS) is 12.8. The van der Waals surface area contributed by atoms with E-state index in [9.17, 15) is 14.7 Å². The molecule has 0 saturated heterocycles. The number of hydrogen-bond donors (Lipinski definition) is 0. The van der Waals surface area contributed by atoms with Gasteiger partial charge in [0.15, 0.2) is 0 Å². The van der Waals surface area contributed by atoms with E-state index < -0.39 is 17.1 Å². The van der Waals surface area contributed by atoms with Crippen LogP contribution in [-0.2, 0) is 13.6 Å². The molecule has 0 atom stereocenters. The lowest BCUT2D eigenvalue weighted by Crippen LogP contribution is -2.01. The average Bonchev–Trinajstić information content (AvgIpc) is 2.23. The molecule has 0 radical (unpaired) electrons. The molecule has 94 valence electrons. The Morgan fingerprint density at radius 2 is 1.81 bits per heavy atom. The van der Waals surface area contributed by atoms with E-state index >= 15 is 0 Å². The first-order valence-corrected chi connectivity index (χ1v) is 7.46. The van der Waals surface area contributed by atoms with Crippen molar-refractivity contribution in [2.75, 3.05) is 25.0 Å². The average molecular weight is 357 g/mol. The highest BCUT2D eigenvalue weighted by molar-refractivity contribution is 9.11. The van der Waals surface area contributed by atoms with Crippen LogP contribution in [0.15, 0.2) is 10.4 Å². The summed E-state index contributed by atoms with van der Waals surface area (Å²) < 4.78 is 21.0. The van der Waals surface area contributed by atoms with Crippen LogP contribution in [0, 0.1) is 10.1 Å². The molecule has 0 aliphatic heterocycles. The molecule has 0 spiro atoms. The van der Waals surface area contributed by atoms with Gasteiger partial charge in [-0.15, -0.1) is 23.2 Å². The van der Waals surface area contributed by atoms with E-state index in [1.54, 1.807) is 0 Å². The van der Waals surface area contributed by atoms with Crippen molar-refractivity contribution in [1.82, 2.24) is 0 Å². The van der Waals surface area contributed by atoms with Crippen LogP contribution >= 0.6 is 46.7 Å². The number of halogens is 3. The fourth-order valence-corrected chi connectivity index (χ4v) is 3.01. The lowest BCUT2D eigenvalue weighted by Gasteiger charge is -2.12. The van der Waals surface area contributed by atoms with E-state index in [-0.39, 0.29) is 25.0 Å². The zero-order valence-electron chi connectivity index (χ0n) is 7.98. The molecule has 16 heavy (non-hydrogen) atoms. The Bertz CT molecular complexity index is 301. The first-order valence-electron chi connectivity index (χ1n) is 3.98. The van der Waals surface area contributed by atoms with Gasteiger partial charge in [-0.2, -0.15) is 0 Å². The molecule has 0 unspecified atom stereocenters. The predicted octanol–water partition coefficient (Wildman–Crippen LogP) is 3.16.